The average molecular weight is 272 g/mol. The molecule has 3 nitrogen and oxygen atoms in total. The highest BCUT2D eigenvalue weighted by Crippen LogP contribution is 2.15. The third-order valence-corrected chi connectivity index (χ3v) is 2.89. The van der Waals surface area contributed by atoms with E-state index < -0.39 is 0 Å². The van der Waals surface area contributed by atoms with Crippen LogP contribution in [0, 0.1) is 17.7 Å². The molecule has 2 rings (SSSR count). The van der Waals surface area contributed by atoms with Gasteiger partial charge in [0.1, 0.15) is 18.2 Å². The largest absolute Gasteiger partial charge is 0.384 e. The van der Waals surface area contributed by atoms with Crippen molar-refractivity contribution in [1.82, 2.24) is 9.55 Å². The van der Waals surface area contributed by atoms with Gasteiger partial charge in [0.15, 0.2) is 0 Å². The van der Waals surface area contributed by atoms with Crippen molar-refractivity contribution < 1.29 is 9.50 Å². The second-order valence-corrected chi connectivity index (χ2v) is 4.88. The van der Waals surface area contributed by atoms with Crippen LogP contribution in [-0.2, 0) is 6.54 Å². The molecule has 0 atom stereocenters. The van der Waals surface area contributed by atoms with Crippen LogP contribution in [0.3, 0.4) is 0 Å². The minimum absolute atomic E-state index is 0.231. The number of halogens is 1. The second kappa shape index (κ2) is 6.36. The first-order valence-corrected chi connectivity index (χ1v) is 6.50. The molecule has 1 heterocycles. The lowest BCUT2D eigenvalue weighted by molar-refractivity contribution is 0.350. The Morgan fingerprint density at radius 3 is 2.85 bits per heavy atom. The third kappa shape index (κ3) is 3.46. The molecule has 0 amide bonds. The molecule has 0 radical (unpaired) electrons. The summed E-state index contributed by atoms with van der Waals surface area (Å²) < 4.78 is 15.6. The molecule has 0 aliphatic rings. The molecule has 0 spiro atoms. The number of hydrogen-bond donors (Lipinski definition) is 1. The van der Waals surface area contributed by atoms with E-state index in [0.717, 1.165) is 11.4 Å². The normalized spacial score (nSPS) is 10.4. The van der Waals surface area contributed by atoms with Gasteiger partial charge in [0, 0.05) is 30.4 Å². The number of aromatic nitrogens is 2. The standard InChI is InChI=1S/C16H17FN2O/c1-12(2)16-18-5-6-19(16)11-14-8-13(4-3-7-20)9-15(17)10-14/h5-6,8-10,12,20H,7,11H2,1-2H3. The fourth-order valence-corrected chi connectivity index (χ4v) is 2.11. The van der Waals surface area contributed by atoms with Crippen LogP contribution in [0.2, 0.25) is 0 Å². The van der Waals surface area contributed by atoms with Crippen molar-refractivity contribution in [2.45, 2.75) is 26.3 Å². The fourth-order valence-electron chi connectivity index (χ4n) is 2.11. The predicted octanol–water partition coefficient (Wildman–Crippen LogP) is 2.54. The summed E-state index contributed by atoms with van der Waals surface area (Å²) in [5, 5.41) is 8.69. The highest BCUT2D eigenvalue weighted by atomic mass is 19.1. The van der Waals surface area contributed by atoms with E-state index in [1.54, 1.807) is 6.20 Å². The highest BCUT2D eigenvalue weighted by Gasteiger charge is 2.08. The van der Waals surface area contributed by atoms with E-state index in [1.807, 2.05) is 16.8 Å². The minimum Gasteiger partial charge on any atom is -0.384 e. The van der Waals surface area contributed by atoms with Crippen LogP contribution in [0.1, 0.15) is 36.7 Å². The van der Waals surface area contributed by atoms with Crippen LogP contribution >= 0.6 is 0 Å². The van der Waals surface area contributed by atoms with E-state index in [-0.39, 0.29) is 12.4 Å². The van der Waals surface area contributed by atoms with Crippen molar-refractivity contribution in [2.75, 3.05) is 6.61 Å². The van der Waals surface area contributed by atoms with E-state index in [2.05, 4.69) is 30.7 Å². The van der Waals surface area contributed by atoms with E-state index in [0.29, 0.717) is 18.0 Å². The minimum atomic E-state index is -0.323. The Bertz CT molecular complexity index is 650. The SMILES string of the molecule is CC(C)c1nccn1Cc1cc(F)cc(C#CCO)c1. The number of imidazole rings is 1. The van der Waals surface area contributed by atoms with E-state index in [4.69, 9.17) is 5.11 Å². The molecule has 0 saturated heterocycles. The van der Waals surface area contributed by atoms with Crippen LogP contribution in [-0.4, -0.2) is 21.3 Å². The van der Waals surface area contributed by atoms with E-state index in [1.165, 1.54) is 12.1 Å². The molecule has 0 saturated carbocycles. The van der Waals surface area contributed by atoms with Crippen molar-refractivity contribution in [1.29, 1.82) is 0 Å². The maximum Gasteiger partial charge on any atom is 0.124 e. The smallest absolute Gasteiger partial charge is 0.124 e. The van der Waals surface area contributed by atoms with E-state index >= 15 is 0 Å². The highest BCUT2D eigenvalue weighted by molar-refractivity contribution is 5.38. The molecule has 0 fully saturated rings. The maximum atomic E-state index is 13.6. The summed E-state index contributed by atoms with van der Waals surface area (Å²) in [6.45, 7) is 4.47. The summed E-state index contributed by atoms with van der Waals surface area (Å²) >= 11 is 0. The number of hydrogen-bond acceptors (Lipinski definition) is 2. The Balaban J connectivity index is 2.29. The Labute approximate surface area is 118 Å². The molecule has 0 aliphatic heterocycles. The zero-order chi connectivity index (χ0) is 14.5. The fraction of sp³-hybridized carbons (Fsp3) is 0.312. The van der Waals surface area contributed by atoms with E-state index in [9.17, 15) is 4.39 Å². The van der Waals surface area contributed by atoms with Crippen LogP contribution in [0.4, 0.5) is 4.39 Å². The number of aliphatic hydroxyl groups is 1. The lowest BCUT2D eigenvalue weighted by atomic mass is 10.1. The van der Waals surface area contributed by atoms with Crippen LogP contribution in [0.25, 0.3) is 0 Å². The van der Waals surface area contributed by atoms with Crippen molar-refractivity contribution in [3.05, 3.63) is 53.4 Å². The molecule has 0 unspecified atom stereocenters. The molecular formula is C16H17FN2O. The molecule has 0 bridgehead atoms. The Hall–Kier alpha value is -2.12. The number of benzene rings is 1. The molecule has 0 aliphatic carbocycles. The van der Waals surface area contributed by atoms with Gasteiger partial charge in [0.05, 0.1) is 0 Å². The van der Waals surface area contributed by atoms with Gasteiger partial charge >= 0.3 is 0 Å². The molecule has 2 aromatic rings. The van der Waals surface area contributed by atoms with Crippen LogP contribution in [0.15, 0.2) is 30.6 Å². The van der Waals surface area contributed by atoms with Gasteiger partial charge in [-0.1, -0.05) is 25.7 Å². The predicted molar refractivity (Wildman–Crippen MR) is 75.8 cm³/mol. The third-order valence-electron chi connectivity index (χ3n) is 2.89. The first-order chi connectivity index (χ1) is 9.60. The number of nitrogens with zero attached hydrogens (tertiary/aromatic N) is 2. The van der Waals surface area contributed by atoms with Crippen LogP contribution < -0.4 is 0 Å². The van der Waals surface area contributed by atoms with Crippen molar-refractivity contribution in [3.8, 4) is 11.8 Å². The van der Waals surface area contributed by atoms with Gasteiger partial charge in [-0.3, -0.25) is 0 Å². The van der Waals surface area contributed by atoms with Gasteiger partial charge in [-0.25, -0.2) is 9.37 Å². The Morgan fingerprint density at radius 2 is 2.15 bits per heavy atom. The van der Waals surface area contributed by atoms with Gasteiger partial charge in [-0.05, 0) is 23.8 Å². The van der Waals surface area contributed by atoms with Crippen molar-refractivity contribution in [2.24, 2.45) is 0 Å². The first-order valence-electron chi connectivity index (χ1n) is 6.50. The van der Waals surface area contributed by atoms with Gasteiger partial charge in [0.25, 0.3) is 0 Å². The first kappa shape index (κ1) is 14.3. The molecule has 4 heteroatoms. The maximum absolute atomic E-state index is 13.6. The zero-order valence-corrected chi connectivity index (χ0v) is 11.6. The Morgan fingerprint density at radius 1 is 1.35 bits per heavy atom. The average Bonchev–Trinajstić information content (AvgIpc) is 2.84. The summed E-state index contributed by atoms with van der Waals surface area (Å²) in [6.07, 6.45) is 3.64. The van der Waals surface area contributed by atoms with Gasteiger partial charge in [0.2, 0.25) is 0 Å². The second-order valence-electron chi connectivity index (χ2n) is 4.88. The molecular weight excluding hydrogens is 255 g/mol. The quantitative estimate of drug-likeness (QED) is 0.872. The topological polar surface area (TPSA) is 38.0 Å². The molecule has 104 valence electrons. The molecule has 20 heavy (non-hydrogen) atoms. The summed E-state index contributed by atoms with van der Waals surface area (Å²) in [6, 6.07) is 4.69. The monoisotopic (exact) mass is 272 g/mol. The molecule has 1 aromatic heterocycles. The number of aliphatic hydroxyl groups excluding tert-OH is 1. The summed E-state index contributed by atoms with van der Waals surface area (Å²) in [4.78, 5) is 4.31. The Kier molecular flexibility index (Phi) is 4.54. The summed E-state index contributed by atoms with van der Waals surface area (Å²) in [7, 11) is 0. The zero-order valence-electron chi connectivity index (χ0n) is 11.6. The van der Waals surface area contributed by atoms with Gasteiger partial charge in [-0.2, -0.15) is 0 Å². The molecule has 1 N–H and O–H groups in total. The summed E-state index contributed by atoms with van der Waals surface area (Å²) in [5.74, 6) is 6.21. The van der Waals surface area contributed by atoms with Gasteiger partial charge < -0.3 is 9.67 Å². The van der Waals surface area contributed by atoms with Gasteiger partial charge in [-0.15, -0.1) is 0 Å². The summed E-state index contributed by atoms with van der Waals surface area (Å²) in [5.41, 5.74) is 1.40. The van der Waals surface area contributed by atoms with Crippen LogP contribution in [0.5, 0.6) is 0 Å². The van der Waals surface area contributed by atoms with Crippen molar-refractivity contribution in [3.63, 3.8) is 0 Å². The van der Waals surface area contributed by atoms with Crippen molar-refractivity contribution >= 4 is 0 Å². The lowest BCUT2D eigenvalue weighted by Gasteiger charge is -2.10. The molecule has 1 aromatic carbocycles. The number of rotatable bonds is 3. The lowest BCUT2D eigenvalue weighted by Crippen LogP contribution is -2.06.